The molecule has 7 heteroatoms. The topological polar surface area (TPSA) is 35.7 Å². The summed E-state index contributed by atoms with van der Waals surface area (Å²) in [6.45, 7) is 0. The van der Waals surface area contributed by atoms with Crippen LogP contribution in [0.25, 0.3) is 0 Å². The van der Waals surface area contributed by atoms with Crippen molar-refractivity contribution in [3.8, 4) is 0 Å². The van der Waals surface area contributed by atoms with E-state index in [4.69, 9.17) is 0 Å². The molecule has 0 aromatic rings. The zero-order valence-corrected chi connectivity index (χ0v) is 5.54. The van der Waals surface area contributed by atoms with Crippen LogP contribution in [-0.4, -0.2) is 35.6 Å². The van der Waals surface area contributed by atoms with E-state index in [1.54, 1.807) is 0 Å². The van der Waals surface area contributed by atoms with E-state index in [9.17, 15) is 18.1 Å². The number of hydrogen-bond donors (Lipinski definition) is 0. The summed E-state index contributed by atoms with van der Waals surface area (Å²) in [7, 11) is 1.03. The van der Waals surface area contributed by atoms with E-state index in [0.29, 0.717) is 11.3 Å². The molecule has 0 aromatic carbocycles. The molecule has 0 fully saturated rings. The first-order valence-electron chi connectivity index (χ1n) is 2.72. The van der Waals surface area contributed by atoms with Gasteiger partial charge in [0.25, 0.3) is 0 Å². The van der Waals surface area contributed by atoms with E-state index in [1.807, 2.05) is 0 Å². The van der Waals surface area contributed by atoms with Crippen molar-refractivity contribution in [2.24, 2.45) is 4.99 Å². The molecule has 0 radical (unpaired) electrons. The zero-order valence-electron chi connectivity index (χ0n) is 5.54. The van der Waals surface area contributed by atoms with Gasteiger partial charge in [-0.05, 0) is 9.90 Å². The Morgan fingerprint density at radius 1 is 1.64 bits per heavy atom. The number of rotatable bonds is 0. The van der Waals surface area contributed by atoms with Gasteiger partial charge in [0.1, 0.15) is 0 Å². The molecule has 1 heterocycles. The number of hydrazine groups is 1. The lowest BCUT2D eigenvalue weighted by Crippen LogP contribution is -2.41. The molecule has 4 nitrogen and oxygen atoms in total. The van der Waals surface area contributed by atoms with Gasteiger partial charge >= 0.3 is 18.7 Å². The fourth-order valence-electron chi connectivity index (χ4n) is 0.702. The van der Waals surface area contributed by atoms with Crippen LogP contribution in [0.3, 0.4) is 0 Å². The van der Waals surface area contributed by atoms with Gasteiger partial charge in [0, 0.05) is 0 Å². The van der Waals surface area contributed by atoms with Crippen molar-refractivity contribution in [3.05, 3.63) is 4.91 Å². The zero-order chi connectivity index (χ0) is 8.65. The minimum absolute atomic E-state index is 0.0398. The third-order valence-electron chi connectivity index (χ3n) is 1.26. The van der Waals surface area contributed by atoms with Crippen LogP contribution in [0.1, 0.15) is 0 Å². The van der Waals surface area contributed by atoms with Crippen molar-refractivity contribution in [3.63, 3.8) is 0 Å². The van der Waals surface area contributed by atoms with Crippen LogP contribution in [0.15, 0.2) is 4.99 Å². The second-order valence-electron chi connectivity index (χ2n) is 2.06. The Morgan fingerprint density at radius 3 is 2.36 bits per heavy atom. The highest BCUT2D eigenvalue weighted by Crippen LogP contribution is 2.26. The Balaban J connectivity index is 2.78. The van der Waals surface area contributed by atoms with Crippen molar-refractivity contribution in [1.82, 2.24) is 5.01 Å². The molecule has 0 saturated heterocycles. The minimum Gasteiger partial charge on any atom is -0.165 e. The minimum atomic E-state index is -4.48. The largest absolute Gasteiger partial charge is 0.457 e. The maximum Gasteiger partial charge on any atom is 0.457 e. The molecule has 0 aromatic heterocycles. The number of nitroso groups, excluding NO2 is 1. The van der Waals surface area contributed by atoms with E-state index in [-0.39, 0.29) is 4.87 Å². The van der Waals surface area contributed by atoms with Gasteiger partial charge in [0.2, 0.25) is 0 Å². The molecule has 0 spiro atoms. The van der Waals surface area contributed by atoms with Crippen LogP contribution in [0, 0.1) is 4.91 Å². The number of halogens is 3. The summed E-state index contributed by atoms with van der Waals surface area (Å²) in [5.74, 6) is 0. The Labute approximate surface area is 59.9 Å². The summed E-state index contributed by atoms with van der Waals surface area (Å²) in [5.41, 5.74) is 0. The number of hydrogen-bond acceptors (Lipinski definition) is 2. The smallest absolute Gasteiger partial charge is 0.165 e. The average Bonchev–Trinajstić information content (AvgIpc) is 2.11. The molecule has 1 atom stereocenters. The quantitative estimate of drug-likeness (QED) is 0.495. The maximum absolute atomic E-state index is 11.9. The molecule has 11 heavy (non-hydrogen) atoms. The highest BCUT2D eigenvalue weighted by atomic mass is 19.4. The second kappa shape index (κ2) is 2.18. The first kappa shape index (κ1) is 7.96. The fraction of sp³-hybridized carbons (Fsp3) is 0.750. The Morgan fingerprint density at radius 2 is 2.18 bits per heavy atom. The van der Waals surface area contributed by atoms with Gasteiger partial charge in [0.15, 0.2) is 0 Å². The summed E-state index contributed by atoms with van der Waals surface area (Å²) in [4.78, 5) is 13.4. The predicted octanol–water partition coefficient (Wildman–Crippen LogP) is 0.542. The number of nitrogens with zero attached hydrogens (tertiary/aromatic N) is 3. The highest BCUT2D eigenvalue weighted by Gasteiger charge is 2.53. The van der Waals surface area contributed by atoms with E-state index in [0.717, 1.165) is 7.05 Å². The Kier molecular flexibility index (Phi) is 1.57. The standard InChI is InChI=1S/C4H5F3N3O/c1-9-3(4(5,6)7)8-2-10(9)11/h2-3H,1H3/q+1. The predicted molar refractivity (Wildman–Crippen MR) is 29.7 cm³/mol. The Bertz CT molecular complexity index is 211. The van der Waals surface area contributed by atoms with Gasteiger partial charge in [-0.3, -0.25) is 0 Å². The third kappa shape index (κ3) is 1.31. The summed E-state index contributed by atoms with van der Waals surface area (Å²) in [6.07, 6.45) is -5.91. The molecule has 62 valence electrons. The first-order valence-corrected chi connectivity index (χ1v) is 2.72. The first-order chi connectivity index (χ1) is 4.93. The van der Waals surface area contributed by atoms with Crippen molar-refractivity contribution in [2.75, 3.05) is 7.05 Å². The van der Waals surface area contributed by atoms with Crippen LogP contribution in [0.4, 0.5) is 13.2 Å². The normalized spacial score (nSPS) is 24.9. The SMILES string of the molecule is CN1C(C(F)(F)F)N=C[N+]1=O. The van der Waals surface area contributed by atoms with Crippen LogP contribution >= 0.6 is 0 Å². The van der Waals surface area contributed by atoms with Crippen LogP contribution < -0.4 is 0 Å². The van der Waals surface area contributed by atoms with E-state index < -0.39 is 12.3 Å². The molecule has 1 rings (SSSR count). The van der Waals surface area contributed by atoms with Gasteiger partial charge in [-0.15, -0.1) is 0 Å². The van der Waals surface area contributed by atoms with Crippen molar-refractivity contribution < 1.29 is 18.0 Å². The van der Waals surface area contributed by atoms with E-state index in [2.05, 4.69) is 4.99 Å². The molecule has 1 aliphatic rings. The van der Waals surface area contributed by atoms with Crippen molar-refractivity contribution >= 4 is 6.34 Å². The highest BCUT2D eigenvalue weighted by molar-refractivity contribution is 5.45. The average molecular weight is 168 g/mol. The molecule has 0 N–H and O–H groups in total. The summed E-state index contributed by atoms with van der Waals surface area (Å²) >= 11 is 0. The lowest BCUT2D eigenvalue weighted by atomic mass is 10.5. The van der Waals surface area contributed by atoms with Crippen LogP contribution in [-0.2, 0) is 0 Å². The van der Waals surface area contributed by atoms with Crippen molar-refractivity contribution in [2.45, 2.75) is 12.3 Å². The Hall–Kier alpha value is -1.14. The van der Waals surface area contributed by atoms with Gasteiger partial charge < -0.3 is 0 Å². The van der Waals surface area contributed by atoms with E-state index >= 15 is 0 Å². The molecular weight excluding hydrogens is 163 g/mol. The van der Waals surface area contributed by atoms with Crippen LogP contribution in [0.5, 0.6) is 0 Å². The number of aliphatic imine (C=N–C) groups is 1. The second-order valence-corrected chi connectivity index (χ2v) is 2.06. The van der Waals surface area contributed by atoms with Gasteiger partial charge in [-0.25, -0.2) is 0 Å². The molecule has 0 saturated carbocycles. The van der Waals surface area contributed by atoms with Gasteiger partial charge in [-0.1, -0.05) is 0 Å². The monoisotopic (exact) mass is 168 g/mol. The lowest BCUT2D eigenvalue weighted by molar-refractivity contribution is -0.607. The van der Waals surface area contributed by atoms with Crippen molar-refractivity contribution in [1.29, 1.82) is 0 Å². The summed E-state index contributed by atoms with van der Waals surface area (Å²) in [6, 6.07) is 0. The molecular formula is C4H5F3N3O+. The number of alkyl halides is 3. The van der Waals surface area contributed by atoms with Crippen LogP contribution in [0.2, 0.25) is 0 Å². The summed E-state index contributed by atoms with van der Waals surface area (Å²) in [5, 5.41) is 0.458. The van der Waals surface area contributed by atoms with Gasteiger partial charge in [0.05, 0.1) is 11.9 Å². The molecule has 0 amide bonds. The van der Waals surface area contributed by atoms with Gasteiger partial charge in [-0.2, -0.15) is 18.2 Å². The molecule has 1 unspecified atom stereocenters. The van der Waals surface area contributed by atoms with E-state index in [1.165, 1.54) is 0 Å². The molecule has 1 aliphatic heterocycles. The maximum atomic E-state index is 11.9. The third-order valence-corrected chi connectivity index (χ3v) is 1.26. The molecule has 0 bridgehead atoms. The molecule has 0 aliphatic carbocycles. The lowest BCUT2D eigenvalue weighted by Gasteiger charge is -2.12. The fourth-order valence-corrected chi connectivity index (χ4v) is 0.702. The summed E-state index contributed by atoms with van der Waals surface area (Å²) < 4.78 is 35.6.